The van der Waals surface area contributed by atoms with Crippen LogP contribution in [0, 0.1) is 13.8 Å². The molecule has 1 amide bonds. The molecule has 0 aliphatic rings. The molecule has 6 nitrogen and oxygen atoms in total. The molecule has 3 rings (SSSR count). The Balaban J connectivity index is 1.65. The van der Waals surface area contributed by atoms with E-state index in [0.717, 1.165) is 21.4 Å². The molecule has 0 bridgehead atoms. The van der Waals surface area contributed by atoms with Crippen LogP contribution in [0.4, 0.5) is 0 Å². The number of benzene rings is 1. The van der Waals surface area contributed by atoms with Crippen molar-refractivity contribution in [3.63, 3.8) is 0 Å². The average molecular weight is 423 g/mol. The first-order valence-electron chi connectivity index (χ1n) is 7.70. The molecule has 3 aromatic rings. The standard InChI is InChI=1S/C17H17BrClN5O/c1-11-16(18)12(2)24(21-11)10-23-8-7-15(22-23)17(25)20-9-13-5-3-4-6-14(13)19/h3-8H,9-10H2,1-2H3,(H,20,25). The van der Waals surface area contributed by atoms with Crippen molar-refractivity contribution >= 4 is 33.4 Å². The van der Waals surface area contributed by atoms with E-state index in [4.69, 9.17) is 11.6 Å². The molecule has 0 saturated carbocycles. The topological polar surface area (TPSA) is 64.7 Å². The number of aromatic nitrogens is 4. The van der Waals surface area contributed by atoms with E-state index in [9.17, 15) is 4.79 Å². The second-order valence-corrected chi connectivity index (χ2v) is 6.84. The Morgan fingerprint density at radius 3 is 2.68 bits per heavy atom. The van der Waals surface area contributed by atoms with Crippen molar-refractivity contribution < 1.29 is 4.79 Å². The van der Waals surface area contributed by atoms with Crippen LogP contribution in [-0.2, 0) is 13.2 Å². The fraction of sp³-hybridized carbons (Fsp3) is 0.235. The number of aryl methyl sites for hydroxylation is 1. The Morgan fingerprint density at radius 2 is 2.00 bits per heavy atom. The van der Waals surface area contributed by atoms with Crippen molar-refractivity contribution in [1.29, 1.82) is 0 Å². The molecule has 0 spiro atoms. The minimum absolute atomic E-state index is 0.242. The molecule has 2 heterocycles. The number of rotatable bonds is 5. The molecule has 0 saturated heterocycles. The maximum Gasteiger partial charge on any atom is 0.272 e. The summed E-state index contributed by atoms with van der Waals surface area (Å²) in [6, 6.07) is 9.09. The average Bonchev–Trinajstić information content (AvgIpc) is 3.15. The van der Waals surface area contributed by atoms with Crippen LogP contribution >= 0.6 is 27.5 Å². The Labute approximate surface area is 158 Å². The van der Waals surface area contributed by atoms with Crippen molar-refractivity contribution in [2.24, 2.45) is 0 Å². The van der Waals surface area contributed by atoms with E-state index in [0.29, 0.717) is 23.9 Å². The molecule has 0 fully saturated rings. The molecular formula is C17H17BrClN5O. The van der Waals surface area contributed by atoms with Gasteiger partial charge < -0.3 is 5.32 Å². The van der Waals surface area contributed by atoms with Crippen molar-refractivity contribution in [2.45, 2.75) is 27.1 Å². The third kappa shape index (κ3) is 3.93. The third-order valence-electron chi connectivity index (χ3n) is 3.84. The van der Waals surface area contributed by atoms with Gasteiger partial charge in [0.05, 0.1) is 15.9 Å². The van der Waals surface area contributed by atoms with Gasteiger partial charge in [-0.3, -0.25) is 9.48 Å². The summed E-state index contributed by atoms with van der Waals surface area (Å²) in [6.45, 7) is 4.71. The van der Waals surface area contributed by atoms with Gasteiger partial charge in [0.1, 0.15) is 12.4 Å². The largest absolute Gasteiger partial charge is 0.347 e. The molecule has 0 aliphatic heterocycles. The zero-order valence-corrected chi connectivity index (χ0v) is 16.2. The van der Waals surface area contributed by atoms with Crippen LogP contribution in [0.15, 0.2) is 41.0 Å². The van der Waals surface area contributed by atoms with Gasteiger partial charge in [-0.2, -0.15) is 10.2 Å². The van der Waals surface area contributed by atoms with E-state index < -0.39 is 0 Å². The summed E-state index contributed by atoms with van der Waals surface area (Å²) in [7, 11) is 0. The molecule has 0 radical (unpaired) electrons. The first-order valence-corrected chi connectivity index (χ1v) is 8.87. The predicted molar refractivity (Wildman–Crippen MR) is 99.6 cm³/mol. The van der Waals surface area contributed by atoms with E-state index in [-0.39, 0.29) is 5.91 Å². The highest BCUT2D eigenvalue weighted by atomic mass is 79.9. The number of halogens is 2. The van der Waals surface area contributed by atoms with Gasteiger partial charge >= 0.3 is 0 Å². The molecule has 1 N–H and O–H groups in total. The summed E-state index contributed by atoms with van der Waals surface area (Å²) in [5.74, 6) is -0.242. The maximum absolute atomic E-state index is 12.3. The van der Waals surface area contributed by atoms with Gasteiger partial charge in [-0.05, 0) is 47.5 Å². The number of hydrogen-bond acceptors (Lipinski definition) is 3. The highest BCUT2D eigenvalue weighted by Crippen LogP contribution is 2.19. The fourth-order valence-corrected chi connectivity index (χ4v) is 2.91. The minimum Gasteiger partial charge on any atom is -0.347 e. The second-order valence-electron chi connectivity index (χ2n) is 5.64. The molecule has 1 aromatic carbocycles. The molecular weight excluding hydrogens is 406 g/mol. The Bertz CT molecular complexity index is 918. The van der Waals surface area contributed by atoms with Crippen LogP contribution in [-0.4, -0.2) is 25.5 Å². The molecule has 25 heavy (non-hydrogen) atoms. The third-order valence-corrected chi connectivity index (χ3v) is 5.36. The van der Waals surface area contributed by atoms with Gasteiger partial charge in [0.15, 0.2) is 0 Å². The number of nitrogens with one attached hydrogen (secondary N) is 1. The van der Waals surface area contributed by atoms with Crippen LogP contribution in [0.5, 0.6) is 0 Å². The van der Waals surface area contributed by atoms with Crippen LogP contribution < -0.4 is 5.32 Å². The number of nitrogens with zero attached hydrogens (tertiary/aromatic N) is 4. The Morgan fingerprint density at radius 1 is 1.24 bits per heavy atom. The van der Waals surface area contributed by atoms with Crippen molar-refractivity contribution in [1.82, 2.24) is 24.9 Å². The lowest BCUT2D eigenvalue weighted by molar-refractivity contribution is 0.0945. The zero-order valence-electron chi connectivity index (χ0n) is 13.8. The Kier molecular flexibility index (Phi) is 5.24. The van der Waals surface area contributed by atoms with E-state index in [1.54, 1.807) is 23.0 Å². The summed E-state index contributed by atoms with van der Waals surface area (Å²) >= 11 is 9.60. The summed E-state index contributed by atoms with van der Waals surface area (Å²) in [4.78, 5) is 12.3. The highest BCUT2D eigenvalue weighted by Gasteiger charge is 2.12. The number of hydrogen-bond donors (Lipinski definition) is 1. The number of amides is 1. The number of carbonyl (C=O) groups excluding carboxylic acids is 1. The normalized spacial score (nSPS) is 10.9. The fourth-order valence-electron chi connectivity index (χ4n) is 2.42. The quantitative estimate of drug-likeness (QED) is 0.684. The smallest absolute Gasteiger partial charge is 0.272 e. The van der Waals surface area contributed by atoms with Gasteiger partial charge in [0.2, 0.25) is 0 Å². The van der Waals surface area contributed by atoms with Gasteiger partial charge in [-0.25, -0.2) is 4.68 Å². The molecule has 0 aliphatic carbocycles. The van der Waals surface area contributed by atoms with Crippen LogP contribution in [0.2, 0.25) is 5.02 Å². The molecule has 8 heteroatoms. The molecule has 0 atom stereocenters. The van der Waals surface area contributed by atoms with E-state index in [2.05, 4.69) is 31.4 Å². The minimum atomic E-state index is -0.242. The lowest BCUT2D eigenvalue weighted by Crippen LogP contribution is -2.24. The van der Waals surface area contributed by atoms with Crippen molar-refractivity contribution in [3.8, 4) is 0 Å². The van der Waals surface area contributed by atoms with Crippen molar-refractivity contribution in [3.05, 3.63) is 68.7 Å². The van der Waals surface area contributed by atoms with Gasteiger partial charge in [-0.1, -0.05) is 29.8 Å². The van der Waals surface area contributed by atoms with Gasteiger partial charge in [0, 0.05) is 17.8 Å². The number of carbonyl (C=O) groups is 1. The lowest BCUT2D eigenvalue weighted by atomic mass is 10.2. The summed E-state index contributed by atoms with van der Waals surface area (Å²) in [6.07, 6.45) is 1.76. The summed E-state index contributed by atoms with van der Waals surface area (Å²) in [5, 5.41) is 12.2. The first-order chi connectivity index (χ1) is 12.0. The molecule has 2 aromatic heterocycles. The first kappa shape index (κ1) is 17.7. The van der Waals surface area contributed by atoms with Crippen LogP contribution in [0.1, 0.15) is 27.4 Å². The lowest BCUT2D eigenvalue weighted by Gasteiger charge is -2.06. The Hall–Kier alpha value is -2.12. The summed E-state index contributed by atoms with van der Waals surface area (Å²) < 4.78 is 4.49. The zero-order chi connectivity index (χ0) is 18.0. The predicted octanol–water partition coefficient (Wildman–Crippen LogP) is 3.55. The summed E-state index contributed by atoms with van der Waals surface area (Å²) in [5.41, 5.74) is 3.15. The maximum atomic E-state index is 12.3. The van der Waals surface area contributed by atoms with Crippen LogP contribution in [0.25, 0.3) is 0 Å². The van der Waals surface area contributed by atoms with E-state index in [1.807, 2.05) is 36.7 Å². The molecule has 0 unspecified atom stereocenters. The van der Waals surface area contributed by atoms with Crippen molar-refractivity contribution in [2.75, 3.05) is 0 Å². The van der Waals surface area contributed by atoms with Gasteiger partial charge in [-0.15, -0.1) is 0 Å². The SMILES string of the molecule is Cc1nn(Cn2ccc(C(=O)NCc3ccccc3Cl)n2)c(C)c1Br. The van der Waals surface area contributed by atoms with E-state index >= 15 is 0 Å². The van der Waals surface area contributed by atoms with Gasteiger partial charge in [0.25, 0.3) is 5.91 Å². The highest BCUT2D eigenvalue weighted by molar-refractivity contribution is 9.10. The molecule has 130 valence electrons. The second kappa shape index (κ2) is 7.41. The van der Waals surface area contributed by atoms with Crippen LogP contribution in [0.3, 0.4) is 0 Å². The monoisotopic (exact) mass is 421 g/mol. The van der Waals surface area contributed by atoms with E-state index in [1.165, 1.54) is 0 Å².